The highest BCUT2D eigenvalue weighted by Gasteiger charge is 2.45. The SMILES string of the molecule is CC[C@H](C)C(NN[C@H](C=O)CO)C(=O)N1CCC[C@H]1C(=O)N1CCC[C@H]1C(=O)N[C@@H](CCC(=O)O)C(=O)C(=O)[C@H](CCC(=O)O)NN[C@H](C=O)CO. The number of amides is 3. The maximum absolute atomic E-state index is 14.0. The minimum atomic E-state index is -1.67. The number of hydrogen-bond acceptors (Lipinski definition) is 15. The molecule has 8 atom stereocenters. The number of carbonyl (C=O) groups excluding carboxylic acids is 7. The van der Waals surface area contributed by atoms with Gasteiger partial charge in [-0.3, -0.25) is 33.6 Å². The number of aliphatic carboxylic acids is 2. The second-order valence-electron chi connectivity index (χ2n) is 12.9. The molecular formula is C32H51N7O13. The average Bonchev–Trinajstić information content (AvgIpc) is 3.83. The molecule has 2 heterocycles. The maximum Gasteiger partial charge on any atom is 0.303 e. The minimum Gasteiger partial charge on any atom is -0.481 e. The minimum absolute atomic E-state index is 0.143. The molecule has 0 radical (unpaired) electrons. The Kier molecular flexibility index (Phi) is 18.6. The van der Waals surface area contributed by atoms with E-state index in [0.717, 1.165) is 0 Å². The second kappa shape index (κ2) is 22.0. The van der Waals surface area contributed by atoms with Crippen LogP contribution < -0.4 is 27.0 Å². The Morgan fingerprint density at radius 3 is 1.75 bits per heavy atom. The highest BCUT2D eigenvalue weighted by molar-refractivity contribution is 6.41. The zero-order valence-electron chi connectivity index (χ0n) is 29.3. The van der Waals surface area contributed by atoms with Gasteiger partial charge in [-0.1, -0.05) is 20.3 Å². The zero-order valence-corrected chi connectivity index (χ0v) is 29.3. The Morgan fingerprint density at radius 1 is 0.731 bits per heavy atom. The fourth-order valence-corrected chi connectivity index (χ4v) is 5.98. The fraction of sp³-hybridized carbons (Fsp3) is 0.719. The lowest BCUT2D eigenvalue weighted by Crippen LogP contribution is -2.60. The van der Waals surface area contributed by atoms with E-state index in [4.69, 9.17) is 5.11 Å². The van der Waals surface area contributed by atoms with Crippen molar-refractivity contribution in [3.63, 3.8) is 0 Å². The van der Waals surface area contributed by atoms with E-state index in [0.29, 0.717) is 38.3 Å². The molecule has 0 spiro atoms. The number of likely N-dealkylation sites (tertiary alicyclic amines) is 2. The number of Topliss-reactive ketones (excluding diaryl/α,β-unsaturated/α-hetero) is 2. The van der Waals surface area contributed by atoms with Crippen LogP contribution >= 0.6 is 0 Å². The summed E-state index contributed by atoms with van der Waals surface area (Å²) in [5.74, 6) is -7.11. The molecular weight excluding hydrogens is 690 g/mol. The normalized spacial score (nSPS) is 20.6. The van der Waals surface area contributed by atoms with Gasteiger partial charge in [0.25, 0.3) is 0 Å². The van der Waals surface area contributed by atoms with Crippen LogP contribution in [0.25, 0.3) is 0 Å². The van der Waals surface area contributed by atoms with Crippen LogP contribution in [0.3, 0.4) is 0 Å². The van der Waals surface area contributed by atoms with E-state index in [1.54, 1.807) is 0 Å². The molecule has 3 amide bonds. The molecule has 2 rings (SSSR count). The summed E-state index contributed by atoms with van der Waals surface area (Å²) < 4.78 is 0. The number of carboxylic acid groups (broad SMARTS) is 2. The molecule has 0 aliphatic carbocycles. The molecule has 2 fully saturated rings. The van der Waals surface area contributed by atoms with Crippen molar-refractivity contribution >= 4 is 53.8 Å². The monoisotopic (exact) mass is 741 g/mol. The second-order valence-corrected chi connectivity index (χ2v) is 12.9. The van der Waals surface area contributed by atoms with Crippen molar-refractivity contribution in [1.82, 2.24) is 36.8 Å². The van der Waals surface area contributed by atoms with Crippen LogP contribution in [-0.2, 0) is 43.2 Å². The first-order valence-electron chi connectivity index (χ1n) is 17.3. The molecule has 9 N–H and O–H groups in total. The van der Waals surface area contributed by atoms with Crippen LogP contribution in [0.5, 0.6) is 0 Å². The van der Waals surface area contributed by atoms with Gasteiger partial charge in [0.05, 0.1) is 37.4 Å². The molecule has 0 saturated carbocycles. The van der Waals surface area contributed by atoms with Gasteiger partial charge in [-0.15, -0.1) is 0 Å². The van der Waals surface area contributed by atoms with Crippen LogP contribution in [0.2, 0.25) is 0 Å². The molecule has 20 nitrogen and oxygen atoms in total. The molecule has 20 heteroatoms. The van der Waals surface area contributed by atoms with Crippen molar-refractivity contribution in [2.45, 2.75) is 114 Å². The highest BCUT2D eigenvalue weighted by atomic mass is 16.4. The summed E-state index contributed by atoms with van der Waals surface area (Å²) in [5, 5.41) is 39.4. The first-order chi connectivity index (χ1) is 24.7. The Balaban J connectivity index is 2.26. The number of nitrogens with zero attached hydrogens (tertiary/aromatic N) is 2. The maximum atomic E-state index is 14.0. The van der Waals surface area contributed by atoms with Crippen molar-refractivity contribution in [3.05, 3.63) is 0 Å². The van der Waals surface area contributed by atoms with E-state index in [-0.39, 0.29) is 25.4 Å². The van der Waals surface area contributed by atoms with E-state index in [9.17, 15) is 58.5 Å². The predicted molar refractivity (Wildman–Crippen MR) is 179 cm³/mol. The zero-order chi connectivity index (χ0) is 39.0. The smallest absolute Gasteiger partial charge is 0.303 e. The lowest BCUT2D eigenvalue weighted by atomic mass is 9.96. The number of hydrogen-bond donors (Lipinski definition) is 9. The van der Waals surface area contributed by atoms with Crippen molar-refractivity contribution in [2.24, 2.45) is 5.92 Å². The molecule has 2 aliphatic rings. The first-order valence-corrected chi connectivity index (χ1v) is 17.3. The van der Waals surface area contributed by atoms with E-state index in [2.05, 4.69) is 27.0 Å². The number of aldehydes is 2. The molecule has 0 aromatic carbocycles. The standard InChI is InChI=1S/C32H51N7O13/c1-3-18(2)27(37-35-20(16-42)17-43)32(52)39-13-5-7-24(39)31(51)38-12-4-6-23(38)30(50)33-21(8-10-25(44)45)28(48)29(49)22(9-11-26(46)47)36-34-19(14-40)15-41/h14,16,18-24,27,34-37,41,43H,3-13,15,17H2,1-2H3,(H,33,50)(H,44,45)(H,46,47)/t18-,19+,20+,21-,22-,23-,24-,27?/m0/s1. The third kappa shape index (κ3) is 12.5. The van der Waals surface area contributed by atoms with E-state index in [1.807, 2.05) is 13.8 Å². The summed E-state index contributed by atoms with van der Waals surface area (Å²) in [7, 11) is 0. The van der Waals surface area contributed by atoms with Gasteiger partial charge in [0.2, 0.25) is 29.3 Å². The molecule has 52 heavy (non-hydrogen) atoms. The predicted octanol–water partition coefficient (Wildman–Crippen LogP) is -3.59. The molecule has 0 bridgehead atoms. The van der Waals surface area contributed by atoms with E-state index in [1.165, 1.54) is 9.80 Å². The Hall–Kier alpha value is -4.21. The van der Waals surface area contributed by atoms with E-state index < -0.39 is 122 Å². The third-order valence-electron chi connectivity index (χ3n) is 9.21. The van der Waals surface area contributed by atoms with Crippen LogP contribution in [0.4, 0.5) is 0 Å². The average molecular weight is 742 g/mol. The third-order valence-corrected chi connectivity index (χ3v) is 9.21. The Bertz CT molecular complexity index is 1300. The number of nitrogens with one attached hydrogen (secondary N) is 5. The van der Waals surface area contributed by atoms with Crippen LogP contribution in [0, 0.1) is 5.92 Å². The number of rotatable bonds is 25. The number of aliphatic hydroxyl groups excluding tert-OH is 2. The summed E-state index contributed by atoms with van der Waals surface area (Å²) in [4.78, 5) is 116. The first kappa shape index (κ1) is 44.0. The summed E-state index contributed by atoms with van der Waals surface area (Å²) in [6.07, 6.45) is 0.548. The number of hydrazine groups is 2. The van der Waals surface area contributed by atoms with Gasteiger partial charge in [0.15, 0.2) is 0 Å². The van der Waals surface area contributed by atoms with Gasteiger partial charge >= 0.3 is 11.9 Å². The number of carboxylic acids is 2. The topological polar surface area (TPSA) is 301 Å². The number of aliphatic hydroxyl groups is 2. The highest BCUT2D eigenvalue weighted by Crippen LogP contribution is 2.27. The Labute approximate surface area is 300 Å². The van der Waals surface area contributed by atoms with Crippen LogP contribution in [-0.4, -0.2) is 153 Å². The Morgan fingerprint density at radius 2 is 1.23 bits per heavy atom. The fourth-order valence-electron chi connectivity index (χ4n) is 5.98. The van der Waals surface area contributed by atoms with Crippen molar-refractivity contribution < 1.29 is 63.6 Å². The van der Waals surface area contributed by atoms with Crippen molar-refractivity contribution in [1.29, 1.82) is 0 Å². The summed E-state index contributed by atoms with van der Waals surface area (Å²) in [5.41, 5.74) is 10.1. The number of ketones is 2. The van der Waals surface area contributed by atoms with Gasteiger partial charge in [-0.25, -0.2) is 21.7 Å². The van der Waals surface area contributed by atoms with E-state index >= 15 is 0 Å². The quantitative estimate of drug-likeness (QED) is 0.0248. The van der Waals surface area contributed by atoms with Gasteiger partial charge in [0, 0.05) is 25.9 Å². The number of carbonyl (C=O) groups is 9. The van der Waals surface area contributed by atoms with Gasteiger partial charge in [-0.05, 0) is 44.4 Å². The van der Waals surface area contributed by atoms with Gasteiger partial charge < -0.3 is 45.1 Å². The lowest BCUT2D eigenvalue weighted by Gasteiger charge is -2.34. The molecule has 2 aliphatic heterocycles. The summed E-state index contributed by atoms with van der Waals surface area (Å²) in [6.45, 7) is 2.86. The van der Waals surface area contributed by atoms with Crippen molar-refractivity contribution in [3.8, 4) is 0 Å². The molecule has 292 valence electrons. The van der Waals surface area contributed by atoms with Crippen LogP contribution in [0.1, 0.15) is 71.6 Å². The largest absolute Gasteiger partial charge is 0.481 e. The summed E-state index contributed by atoms with van der Waals surface area (Å²) >= 11 is 0. The van der Waals surface area contributed by atoms with Gasteiger partial charge in [-0.2, -0.15) is 0 Å². The summed E-state index contributed by atoms with van der Waals surface area (Å²) in [6, 6.07) is -8.28. The molecule has 1 unspecified atom stereocenters. The lowest BCUT2D eigenvalue weighted by molar-refractivity contribution is -0.148. The van der Waals surface area contributed by atoms with Gasteiger partial charge in [0.1, 0.15) is 30.7 Å². The van der Waals surface area contributed by atoms with Crippen molar-refractivity contribution in [2.75, 3.05) is 26.3 Å². The molecule has 2 saturated heterocycles. The van der Waals surface area contributed by atoms with Crippen LogP contribution in [0.15, 0.2) is 0 Å². The molecule has 0 aromatic rings. The molecule has 0 aromatic heterocycles.